The van der Waals surface area contributed by atoms with Crippen LogP contribution in [0.25, 0.3) is 5.69 Å². The number of rotatable bonds is 5. The Hall–Kier alpha value is -2.11. The van der Waals surface area contributed by atoms with E-state index in [1.54, 1.807) is 0 Å². The first-order valence-electron chi connectivity index (χ1n) is 8.85. The van der Waals surface area contributed by atoms with E-state index < -0.39 is 5.60 Å². The first-order valence-corrected chi connectivity index (χ1v) is 8.85. The van der Waals surface area contributed by atoms with E-state index in [0.29, 0.717) is 13.0 Å². The molecule has 1 aromatic heterocycles. The highest BCUT2D eigenvalue weighted by Gasteiger charge is 2.24. The molecule has 1 aromatic carbocycles. The van der Waals surface area contributed by atoms with Crippen molar-refractivity contribution in [1.29, 1.82) is 0 Å². The van der Waals surface area contributed by atoms with Crippen LogP contribution in [0.2, 0.25) is 0 Å². The molecule has 0 aliphatic carbocycles. The maximum absolute atomic E-state index is 12.5. The lowest BCUT2D eigenvalue weighted by Gasteiger charge is -2.37. The lowest BCUT2D eigenvalue weighted by atomic mass is 10.1. The molecule has 5 nitrogen and oxygen atoms in total. The molecule has 0 radical (unpaired) electrons. The molecule has 1 aliphatic rings. The predicted octanol–water partition coefficient (Wildman–Crippen LogP) is 1.93. The summed E-state index contributed by atoms with van der Waals surface area (Å²) < 4.78 is 2.05. The van der Waals surface area contributed by atoms with Crippen LogP contribution in [-0.4, -0.2) is 63.7 Å². The van der Waals surface area contributed by atoms with Crippen LogP contribution in [0.15, 0.2) is 48.8 Å². The summed E-state index contributed by atoms with van der Waals surface area (Å²) in [7, 11) is 0. The van der Waals surface area contributed by atoms with Crippen molar-refractivity contribution in [2.24, 2.45) is 0 Å². The van der Waals surface area contributed by atoms with Gasteiger partial charge in [0.15, 0.2) is 0 Å². The van der Waals surface area contributed by atoms with Crippen molar-refractivity contribution in [2.45, 2.75) is 25.9 Å². The molecule has 1 aliphatic heterocycles. The van der Waals surface area contributed by atoms with Gasteiger partial charge in [-0.2, -0.15) is 0 Å². The summed E-state index contributed by atoms with van der Waals surface area (Å²) in [6.45, 7) is 7.40. The number of piperazine rings is 1. The van der Waals surface area contributed by atoms with E-state index in [0.717, 1.165) is 37.4 Å². The summed E-state index contributed by atoms with van der Waals surface area (Å²) in [5, 5.41) is 9.91. The summed E-state index contributed by atoms with van der Waals surface area (Å²) in [4.78, 5) is 16.7. The second-order valence-corrected chi connectivity index (χ2v) is 7.40. The number of amides is 1. The number of hydrogen-bond donors (Lipinski definition) is 1. The quantitative estimate of drug-likeness (QED) is 0.904. The zero-order valence-corrected chi connectivity index (χ0v) is 15.1. The third kappa shape index (κ3) is 4.94. The fraction of sp³-hybridized carbons (Fsp3) is 0.450. The summed E-state index contributed by atoms with van der Waals surface area (Å²) in [5.41, 5.74) is 1.45. The zero-order valence-electron chi connectivity index (χ0n) is 15.1. The Kier molecular flexibility index (Phi) is 5.25. The van der Waals surface area contributed by atoms with Crippen LogP contribution in [0.4, 0.5) is 0 Å². The van der Waals surface area contributed by atoms with Gasteiger partial charge in [0.2, 0.25) is 5.91 Å². The number of aliphatic hydroxyl groups is 1. The number of benzene rings is 1. The third-order valence-electron chi connectivity index (χ3n) is 4.53. The smallest absolute Gasteiger partial charge is 0.227 e. The summed E-state index contributed by atoms with van der Waals surface area (Å²) in [5.74, 6) is 0.177. The molecule has 1 amide bonds. The fourth-order valence-electron chi connectivity index (χ4n) is 3.28. The standard InChI is InChI=1S/C20H27N3O2/c1-20(2,25)16-21-11-13-23(14-12-21)19(24)15-17-5-7-18(8-6-17)22-9-3-4-10-22/h3-10,25H,11-16H2,1-2H3. The van der Waals surface area contributed by atoms with Gasteiger partial charge < -0.3 is 14.6 Å². The average molecular weight is 341 g/mol. The average Bonchev–Trinajstić information content (AvgIpc) is 3.09. The molecule has 1 saturated heterocycles. The zero-order chi connectivity index (χ0) is 17.9. The molecule has 0 atom stereocenters. The number of nitrogens with zero attached hydrogens (tertiary/aromatic N) is 3. The number of β-amino-alcohol motifs (C(OH)–C–C–N with tert-alkyl or cyclic N) is 1. The van der Waals surface area contributed by atoms with Crippen LogP contribution < -0.4 is 0 Å². The van der Waals surface area contributed by atoms with Gasteiger partial charge in [0, 0.05) is 50.8 Å². The van der Waals surface area contributed by atoms with Crippen LogP contribution >= 0.6 is 0 Å². The monoisotopic (exact) mass is 341 g/mol. The van der Waals surface area contributed by atoms with Gasteiger partial charge in [-0.1, -0.05) is 12.1 Å². The Morgan fingerprint density at radius 2 is 1.64 bits per heavy atom. The highest BCUT2D eigenvalue weighted by molar-refractivity contribution is 5.79. The van der Waals surface area contributed by atoms with E-state index in [1.807, 2.05) is 72.1 Å². The molecule has 5 heteroatoms. The second kappa shape index (κ2) is 7.42. The van der Waals surface area contributed by atoms with Crippen LogP contribution in [0.1, 0.15) is 19.4 Å². The Morgan fingerprint density at radius 1 is 1.04 bits per heavy atom. The van der Waals surface area contributed by atoms with Crippen LogP contribution in [0, 0.1) is 0 Å². The van der Waals surface area contributed by atoms with Gasteiger partial charge in [-0.05, 0) is 43.7 Å². The number of hydrogen-bond acceptors (Lipinski definition) is 3. The highest BCUT2D eigenvalue weighted by Crippen LogP contribution is 2.13. The molecule has 0 spiro atoms. The van der Waals surface area contributed by atoms with Gasteiger partial charge in [-0.25, -0.2) is 0 Å². The van der Waals surface area contributed by atoms with E-state index in [4.69, 9.17) is 0 Å². The van der Waals surface area contributed by atoms with Gasteiger partial charge in [-0.15, -0.1) is 0 Å². The van der Waals surface area contributed by atoms with Crippen molar-refractivity contribution in [3.05, 3.63) is 54.4 Å². The van der Waals surface area contributed by atoms with Crippen LogP contribution in [0.3, 0.4) is 0 Å². The van der Waals surface area contributed by atoms with Gasteiger partial charge in [0.05, 0.1) is 12.0 Å². The molecule has 1 N–H and O–H groups in total. The minimum atomic E-state index is -0.687. The minimum Gasteiger partial charge on any atom is -0.389 e. The second-order valence-electron chi connectivity index (χ2n) is 7.40. The van der Waals surface area contributed by atoms with Crippen LogP contribution in [0.5, 0.6) is 0 Å². The van der Waals surface area contributed by atoms with Crippen LogP contribution in [-0.2, 0) is 11.2 Å². The molecule has 0 saturated carbocycles. The Balaban J connectivity index is 1.51. The number of carbonyl (C=O) groups excluding carboxylic acids is 1. The first-order chi connectivity index (χ1) is 11.9. The van der Waals surface area contributed by atoms with Gasteiger partial charge in [0.1, 0.15) is 0 Å². The molecule has 0 bridgehead atoms. The van der Waals surface area contributed by atoms with E-state index in [1.165, 1.54) is 0 Å². The Labute approximate surface area is 149 Å². The van der Waals surface area contributed by atoms with Gasteiger partial charge >= 0.3 is 0 Å². The molecule has 2 heterocycles. The maximum Gasteiger partial charge on any atom is 0.227 e. The van der Waals surface area contributed by atoms with E-state index >= 15 is 0 Å². The van der Waals surface area contributed by atoms with Crippen molar-refractivity contribution >= 4 is 5.91 Å². The SMILES string of the molecule is CC(C)(O)CN1CCN(C(=O)Cc2ccc(-n3cccc3)cc2)CC1. The van der Waals surface area contributed by atoms with Gasteiger partial charge in [0.25, 0.3) is 0 Å². The summed E-state index contributed by atoms with van der Waals surface area (Å²) in [6.07, 6.45) is 4.46. The molecule has 0 unspecified atom stereocenters. The highest BCUT2D eigenvalue weighted by atomic mass is 16.3. The van der Waals surface area contributed by atoms with Crippen molar-refractivity contribution < 1.29 is 9.90 Å². The predicted molar refractivity (Wildman–Crippen MR) is 98.8 cm³/mol. The van der Waals surface area contributed by atoms with E-state index in [2.05, 4.69) is 4.90 Å². The summed E-state index contributed by atoms with van der Waals surface area (Å²) >= 11 is 0. The van der Waals surface area contributed by atoms with Crippen molar-refractivity contribution in [3.8, 4) is 5.69 Å². The largest absolute Gasteiger partial charge is 0.389 e. The first kappa shape index (κ1) is 17.7. The van der Waals surface area contributed by atoms with Crippen molar-refractivity contribution in [1.82, 2.24) is 14.4 Å². The lowest BCUT2D eigenvalue weighted by Crippen LogP contribution is -2.52. The Bertz CT molecular complexity index is 679. The molecule has 3 rings (SSSR count). The van der Waals surface area contributed by atoms with Gasteiger partial charge in [-0.3, -0.25) is 9.69 Å². The summed E-state index contributed by atoms with van der Waals surface area (Å²) in [6, 6.07) is 12.1. The third-order valence-corrected chi connectivity index (χ3v) is 4.53. The topological polar surface area (TPSA) is 48.7 Å². The molecule has 2 aromatic rings. The molecule has 1 fully saturated rings. The molecular weight excluding hydrogens is 314 g/mol. The maximum atomic E-state index is 12.5. The molecule has 134 valence electrons. The molecule has 25 heavy (non-hydrogen) atoms. The van der Waals surface area contributed by atoms with E-state index in [9.17, 15) is 9.90 Å². The van der Waals surface area contributed by atoms with E-state index in [-0.39, 0.29) is 5.91 Å². The lowest BCUT2D eigenvalue weighted by molar-refractivity contribution is -0.132. The number of aromatic nitrogens is 1. The normalized spacial score (nSPS) is 16.2. The number of carbonyl (C=O) groups is 1. The Morgan fingerprint density at radius 3 is 2.20 bits per heavy atom. The minimum absolute atomic E-state index is 0.177. The fourth-order valence-corrected chi connectivity index (χ4v) is 3.28. The van der Waals surface area contributed by atoms with Crippen molar-refractivity contribution in [3.63, 3.8) is 0 Å². The molecular formula is C20H27N3O2. The van der Waals surface area contributed by atoms with Crippen molar-refractivity contribution in [2.75, 3.05) is 32.7 Å².